The third kappa shape index (κ3) is 4.52. The summed E-state index contributed by atoms with van der Waals surface area (Å²) >= 11 is 0. The number of aryl methyl sites for hydroxylation is 1. The molecular formula is C21H27N5O5S. The van der Waals surface area contributed by atoms with E-state index < -0.39 is 15.9 Å². The number of amides is 1. The molecule has 11 heteroatoms. The second-order valence-corrected chi connectivity index (χ2v) is 9.00. The van der Waals surface area contributed by atoms with Gasteiger partial charge in [-0.15, -0.1) is 0 Å². The first-order valence-corrected chi connectivity index (χ1v) is 12.0. The Bertz CT molecular complexity index is 1310. The van der Waals surface area contributed by atoms with Gasteiger partial charge >= 0.3 is 0 Å². The van der Waals surface area contributed by atoms with E-state index in [-0.39, 0.29) is 28.2 Å². The highest BCUT2D eigenvalue weighted by molar-refractivity contribution is 7.90. The molecule has 0 aliphatic carbocycles. The van der Waals surface area contributed by atoms with Crippen LogP contribution in [0.2, 0.25) is 0 Å². The van der Waals surface area contributed by atoms with Crippen molar-refractivity contribution in [3.8, 4) is 17.1 Å². The number of nitrogens with one attached hydrogen (secondary N) is 2. The topological polar surface area (TPSA) is 136 Å². The normalized spacial score (nSPS) is 11.6. The van der Waals surface area contributed by atoms with Crippen LogP contribution in [-0.4, -0.2) is 40.7 Å². The zero-order valence-electron chi connectivity index (χ0n) is 18.6. The summed E-state index contributed by atoms with van der Waals surface area (Å²) in [6.45, 7) is 5.91. The lowest BCUT2D eigenvalue weighted by atomic mass is 10.1. The van der Waals surface area contributed by atoms with Gasteiger partial charge in [0.05, 0.1) is 22.8 Å². The minimum absolute atomic E-state index is 0.0938. The lowest BCUT2D eigenvalue weighted by Gasteiger charge is -2.15. The van der Waals surface area contributed by atoms with Crippen LogP contribution >= 0.6 is 0 Å². The number of carbonyl (C=O) groups excluding carboxylic acids is 1. The highest BCUT2D eigenvalue weighted by Crippen LogP contribution is 2.32. The molecule has 1 amide bonds. The van der Waals surface area contributed by atoms with E-state index >= 15 is 0 Å². The molecule has 0 atom stereocenters. The van der Waals surface area contributed by atoms with Crippen LogP contribution in [0.3, 0.4) is 0 Å². The van der Waals surface area contributed by atoms with Crippen molar-refractivity contribution in [3.05, 3.63) is 34.2 Å². The van der Waals surface area contributed by atoms with Gasteiger partial charge in [-0.25, -0.2) is 18.1 Å². The molecule has 0 aliphatic heterocycles. The molecule has 0 aliphatic rings. The molecule has 32 heavy (non-hydrogen) atoms. The van der Waals surface area contributed by atoms with Crippen molar-refractivity contribution < 1.29 is 17.9 Å². The van der Waals surface area contributed by atoms with Gasteiger partial charge in [0.2, 0.25) is 5.91 Å². The van der Waals surface area contributed by atoms with Gasteiger partial charge in [0.25, 0.3) is 15.6 Å². The Labute approximate surface area is 186 Å². The van der Waals surface area contributed by atoms with Gasteiger partial charge in [0.15, 0.2) is 5.52 Å². The smallest absolute Gasteiger partial charge is 0.281 e. The van der Waals surface area contributed by atoms with Gasteiger partial charge in [-0.3, -0.25) is 19.3 Å². The largest absolute Gasteiger partial charge is 0.493 e. The summed E-state index contributed by atoms with van der Waals surface area (Å²) in [4.78, 5) is 29.3. The molecule has 0 fully saturated rings. The van der Waals surface area contributed by atoms with Crippen LogP contribution in [0.1, 0.15) is 45.7 Å². The molecule has 0 spiro atoms. The van der Waals surface area contributed by atoms with E-state index in [4.69, 9.17) is 4.74 Å². The highest BCUT2D eigenvalue weighted by atomic mass is 32.2. The van der Waals surface area contributed by atoms with Crippen LogP contribution in [0.15, 0.2) is 27.9 Å². The van der Waals surface area contributed by atoms with Crippen LogP contribution in [0.4, 0.5) is 0 Å². The van der Waals surface area contributed by atoms with E-state index in [2.05, 4.69) is 19.9 Å². The van der Waals surface area contributed by atoms with E-state index in [0.717, 1.165) is 12.1 Å². The predicted octanol–water partition coefficient (Wildman–Crippen LogP) is 2.28. The zero-order chi connectivity index (χ0) is 23.5. The summed E-state index contributed by atoms with van der Waals surface area (Å²) in [6.07, 6.45) is 2.11. The molecule has 0 unspecified atom stereocenters. The summed E-state index contributed by atoms with van der Waals surface area (Å²) in [5.74, 6) is 0.0212. The van der Waals surface area contributed by atoms with Gasteiger partial charge in [0, 0.05) is 13.5 Å². The monoisotopic (exact) mass is 461 g/mol. The molecule has 2 heterocycles. The fourth-order valence-electron chi connectivity index (χ4n) is 3.36. The third-order valence-corrected chi connectivity index (χ3v) is 6.25. The molecule has 10 nitrogen and oxygen atoms in total. The second kappa shape index (κ2) is 9.51. The second-order valence-electron chi connectivity index (χ2n) is 7.32. The van der Waals surface area contributed by atoms with Crippen LogP contribution in [0.25, 0.3) is 22.4 Å². The van der Waals surface area contributed by atoms with Crippen LogP contribution < -0.4 is 15.0 Å². The lowest BCUT2D eigenvalue weighted by Crippen LogP contribution is -2.30. The van der Waals surface area contributed by atoms with Gasteiger partial charge in [-0.1, -0.05) is 20.3 Å². The molecule has 2 N–H and O–H groups in total. The summed E-state index contributed by atoms with van der Waals surface area (Å²) in [5, 5.41) is 6.97. The number of nitrogens with zero attached hydrogens (tertiary/aromatic N) is 3. The maximum absolute atomic E-state index is 12.9. The van der Waals surface area contributed by atoms with Gasteiger partial charge in [-0.2, -0.15) is 5.10 Å². The number of benzene rings is 1. The van der Waals surface area contributed by atoms with Crippen molar-refractivity contribution in [2.75, 3.05) is 6.61 Å². The number of H-pyrrole nitrogens is 1. The van der Waals surface area contributed by atoms with Crippen LogP contribution in [-0.2, 0) is 28.3 Å². The summed E-state index contributed by atoms with van der Waals surface area (Å²) in [5.41, 5.74) is 1.35. The molecule has 3 aromatic rings. The number of fused-ring (bicyclic) bond motifs is 1. The Balaban J connectivity index is 2.22. The van der Waals surface area contributed by atoms with E-state index in [0.29, 0.717) is 36.3 Å². The lowest BCUT2D eigenvalue weighted by molar-refractivity contribution is -0.119. The van der Waals surface area contributed by atoms with Crippen molar-refractivity contribution in [1.29, 1.82) is 0 Å². The number of carbonyl (C=O) groups is 1. The van der Waals surface area contributed by atoms with E-state index in [1.54, 1.807) is 13.8 Å². The van der Waals surface area contributed by atoms with E-state index in [9.17, 15) is 18.0 Å². The standard InChI is InChI=1S/C21H27N5O5S/c1-5-8-15-18-19(24-23-15)21(28)26(4)20(22-18)14-12-13(10-11-16(14)31-7-3)32(29,30)25-17(27)9-6-2/h10-12H,5-9H2,1-4H3,(H,23,24)(H,25,27). The number of aromatic nitrogens is 4. The maximum Gasteiger partial charge on any atom is 0.281 e. The minimum Gasteiger partial charge on any atom is -0.493 e. The molecule has 172 valence electrons. The van der Waals surface area contributed by atoms with E-state index in [1.165, 1.54) is 29.8 Å². The summed E-state index contributed by atoms with van der Waals surface area (Å²) in [7, 11) is -2.56. The molecule has 0 radical (unpaired) electrons. The minimum atomic E-state index is -4.10. The van der Waals surface area contributed by atoms with Crippen molar-refractivity contribution in [3.63, 3.8) is 0 Å². The number of aromatic amines is 1. The Kier molecular flexibility index (Phi) is 6.97. The fraction of sp³-hybridized carbons (Fsp3) is 0.429. The molecular weight excluding hydrogens is 434 g/mol. The quantitative estimate of drug-likeness (QED) is 0.499. The zero-order valence-corrected chi connectivity index (χ0v) is 19.4. The number of ether oxygens (including phenoxy) is 1. The molecule has 0 saturated heterocycles. The van der Waals surface area contributed by atoms with Crippen LogP contribution in [0, 0.1) is 0 Å². The molecule has 1 aromatic carbocycles. The first-order valence-electron chi connectivity index (χ1n) is 10.5. The molecule has 2 aromatic heterocycles. The first-order chi connectivity index (χ1) is 15.2. The fourth-order valence-corrected chi connectivity index (χ4v) is 4.40. The highest BCUT2D eigenvalue weighted by Gasteiger charge is 2.23. The number of hydrogen-bond acceptors (Lipinski definition) is 7. The predicted molar refractivity (Wildman–Crippen MR) is 120 cm³/mol. The van der Waals surface area contributed by atoms with Gasteiger partial charge in [-0.05, 0) is 38.0 Å². The van der Waals surface area contributed by atoms with Crippen molar-refractivity contribution in [2.45, 2.75) is 51.3 Å². The molecule has 0 bridgehead atoms. The summed E-state index contributed by atoms with van der Waals surface area (Å²) < 4.78 is 34.6. The van der Waals surface area contributed by atoms with E-state index in [1.807, 2.05) is 6.92 Å². The average Bonchev–Trinajstić information content (AvgIpc) is 3.14. The van der Waals surface area contributed by atoms with Crippen molar-refractivity contribution in [1.82, 2.24) is 24.5 Å². The third-order valence-electron chi connectivity index (χ3n) is 4.88. The Morgan fingerprint density at radius 3 is 2.59 bits per heavy atom. The Morgan fingerprint density at radius 1 is 1.19 bits per heavy atom. The van der Waals surface area contributed by atoms with Gasteiger partial charge in [0.1, 0.15) is 17.1 Å². The average molecular weight is 462 g/mol. The maximum atomic E-state index is 12.9. The van der Waals surface area contributed by atoms with Gasteiger partial charge < -0.3 is 4.74 Å². The molecule has 3 rings (SSSR count). The number of sulfonamides is 1. The van der Waals surface area contributed by atoms with Crippen molar-refractivity contribution >= 4 is 27.0 Å². The molecule has 0 saturated carbocycles. The summed E-state index contributed by atoms with van der Waals surface area (Å²) in [6, 6.07) is 4.21. The van der Waals surface area contributed by atoms with Crippen LogP contribution in [0.5, 0.6) is 5.75 Å². The number of rotatable bonds is 9. The Hall–Kier alpha value is -3.21. The number of hydrogen-bond donors (Lipinski definition) is 2. The Morgan fingerprint density at radius 2 is 1.94 bits per heavy atom. The SMILES string of the molecule is CCCC(=O)NS(=O)(=O)c1ccc(OCC)c(-c2nc3c(CCC)[nH]nc3c(=O)n2C)c1. The first kappa shape index (κ1) is 23.5. The van der Waals surface area contributed by atoms with Crippen molar-refractivity contribution in [2.24, 2.45) is 7.05 Å².